The minimum absolute atomic E-state index is 0.0546. The summed E-state index contributed by atoms with van der Waals surface area (Å²) in [6, 6.07) is 7.36. The number of aliphatic hydroxyl groups is 3. The zero-order valence-corrected chi connectivity index (χ0v) is 18.2. The Morgan fingerprint density at radius 1 is 0.971 bits per heavy atom. The quantitative estimate of drug-likeness (QED) is 0.268. The van der Waals surface area contributed by atoms with Gasteiger partial charge in [-0.15, -0.1) is 0 Å². The van der Waals surface area contributed by atoms with Crippen LogP contribution in [-0.4, -0.2) is 73.9 Å². The molecule has 1 aliphatic rings. The summed E-state index contributed by atoms with van der Waals surface area (Å²) < 4.78 is 21.5. The molecule has 5 atom stereocenters. The molecule has 1 fully saturated rings. The molecule has 186 valence electrons. The zero-order valence-electron chi connectivity index (χ0n) is 18.2. The van der Waals surface area contributed by atoms with Gasteiger partial charge in [-0.2, -0.15) is 0 Å². The van der Waals surface area contributed by atoms with E-state index >= 15 is 0 Å². The lowest BCUT2D eigenvalue weighted by atomic mass is 9.99. The van der Waals surface area contributed by atoms with Gasteiger partial charge in [-0.3, -0.25) is 4.79 Å². The van der Waals surface area contributed by atoms with E-state index in [1.54, 1.807) is 0 Å². The van der Waals surface area contributed by atoms with Crippen LogP contribution < -0.4 is 10.2 Å². The predicted octanol–water partition coefficient (Wildman–Crippen LogP) is 0.326. The van der Waals surface area contributed by atoms with Crippen LogP contribution in [-0.2, 0) is 14.3 Å². The van der Waals surface area contributed by atoms with Gasteiger partial charge in [0.2, 0.25) is 17.5 Å². The molecule has 0 amide bonds. The number of phenolic OH excluding ortho intramolecular Hbond substituents is 3. The highest BCUT2D eigenvalue weighted by Crippen LogP contribution is 2.37. The van der Waals surface area contributed by atoms with E-state index in [2.05, 4.69) is 0 Å². The van der Waals surface area contributed by atoms with E-state index in [1.165, 1.54) is 31.2 Å². The van der Waals surface area contributed by atoms with E-state index in [0.29, 0.717) is 0 Å². The van der Waals surface area contributed by atoms with Gasteiger partial charge in [0.25, 0.3) is 0 Å². The molecule has 2 heterocycles. The molecule has 12 heteroatoms. The summed E-state index contributed by atoms with van der Waals surface area (Å²) in [7, 11) is 0. The second kappa shape index (κ2) is 9.43. The first kappa shape index (κ1) is 24.3. The van der Waals surface area contributed by atoms with Crippen LogP contribution in [0.3, 0.4) is 0 Å². The van der Waals surface area contributed by atoms with Crippen LogP contribution in [0.4, 0.5) is 0 Å². The highest BCUT2D eigenvalue weighted by atomic mass is 16.7. The van der Waals surface area contributed by atoms with Crippen LogP contribution in [0.25, 0.3) is 22.3 Å². The lowest BCUT2D eigenvalue weighted by molar-refractivity contribution is -0.272. The first-order chi connectivity index (χ1) is 16.6. The van der Waals surface area contributed by atoms with Crippen molar-refractivity contribution in [1.82, 2.24) is 0 Å². The van der Waals surface area contributed by atoms with Gasteiger partial charge >= 0.3 is 5.97 Å². The number of aliphatic hydroxyl groups excluding tert-OH is 3. The van der Waals surface area contributed by atoms with Gasteiger partial charge in [0.05, 0.1) is 6.61 Å². The Balaban J connectivity index is 1.85. The van der Waals surface area contributed by atoms with Crippen molar-refractivity contribution >= 4 is 16.9 Å². The number of rotatable bonds is 5. The maximum absolute atomic E-state index is 13.3. The van der Waals surface area contributed by atoms with Crippen molar-refractivity contribution in [2.45, 2.75) is 37.6 Å². The van der Waals surface area contributed by atoms with Crippen LogP contribution in [0.5, 0.6) is 23.0 Å². The van der Waals surface area contributed by atoms with E-state index in [1.807, 2.05) is 0 Å². The van der Waals surface area contributed by atoms with E-state index < -0.39 is 53.6 Å². The second-order valence-electron chi connectivity index (χ2n) is 7.74. The third-order valence-electron chi connectivity index (χ3n) is 5.37. The number of hydrogen-bond acceptors (Lipinski definition) is 12. The summed E-state index contributed by atoms with van der Waals surface area (Å²) in [6.07, 6.45) is -9.25. The zero-order chi connectivity index (χ0) is 25.4. The number of phenols is 3. The Morgan fingerprint density at radius 3 is 2.31 bits per heavy atom. The minimum Gasteiger partial charge on any atom is -0.508 e. The van der Waals surface area contributed by atoms with E-state index in [4.69, 9.17) is 18.6 Å². The Kier molecular flexibility index (Phi) is 6.54. The second-order valence-corrected chi connectivity index (χ2v) is 7.74. The van der Waals surface area contributed by atoms with Crippen molar-refractivity contribution in [1.29, 1.82) is 0 Å². The fourth-order valence-corrected chi connectivity index (χ4v) is 3.66. The smallest absolute Gasteiger partial charge is 0.338 e. The first-order valence-electron chi connectivity index (χ1n) is 10.5. The SMILES string of the molecule is CCOC(=O)[C@H]1O[C@@H](Oc2c(-c3ccc(O)cc3)oc3cc(O)cc(O)c3c2=O)C(O)C(O)[C@@H]1O. The van der Waals surface area contributed by atoms with E-state index in [0.717, 1.165) is 12.1 Å². The Hall–Kier alpha value is -3.84. The molecular formula is C23H22O12. The van der Waals surface area contributed by atoms with Gasteiger partial charge < -0.3 is 49.3 Å². The Bertz CT molecular complexity index is 1300. The lowest BCUT2D eigenvalue weighted by Crippen LogP contribution is -2.61. The largest absolute Gasteiger partial charge is 0.508 e. The minimum atomic E-state index is -1.91. The van der Waals surface area contributed by atoms with Crippen molar-refractivity contribution in [2.75, 3.05) is 6.61 Å². The average molecular weight is 490 g/mol. The molecule has 1 aromatic heterocycles. The molecule has 0 saturated carbocycles. The molecule has 6 N–H and O–H groups in total. The Morgan fingerprint density at radius 2 is 1.66 bits per heavy atom. The third-order valence-corrected chi connectivity index (χ3v) is 5.37. The topological polar surface area (TPSA) is 196 Å². The van der Waals surface area contributed by atoms with Gasteiger partial charge in [-0.25, -0.2) is 4.79 Å². The fourth-order valence-electron chi connectivity index (χ4n) is 3.66. The van der Waals surface area contributed by atoms with Gasteiger partial charge in [-0.05, 0) is 31.2 Å². The summed E-state index contributed by atoms with van der Waals surface area (Å²) in [5, 5.41) is 60.1. The number of fused-ring (bicyclic) bond motifs is 1. The number of carbonyl (C=O) groups excluding carboxylic acids is 1. The predicted molar refractivity (Wildman–Crippen MR) is 117 cm³/mol. The van der Waals surface area contributed by atoms with Crippen molar-refractivity contribution < 1.29 is 54.1 Å². The Labute approximate surface area is 196 Å². The number of carbonyl (C=O) groups is 1. The summed E-state index contributed by atoms with van der Waals surface area (Å²) in [4.78, 5) is 25.5. The van der Waals surface area contributed by atoms with Gasteiger partial charge in [0.15, 0.2) is 11.9 Å². The maximum Gasteiger partial charge on any atom is 0.338 e. The summed E-state index contributed by atoms with van der Waals surface area (Å²) in [5.74, 6) is -2.95. The van der Waals surface area contributed by atoms with E-state index in [9.17, 15) is 40.2 Å². The van der Waals surface area contributed by atoms with Crippen LogP contribution >= 0.6 is 0 Å². The van der Waals surface area contributed by atoms with Crippen molar-refractivity contribution in [3.63, 3.8) is 0 Å². The molecule has 0 bridgehead atoms. The lowest BCUT2D eigenvalue weighted by Gasteiger charge is -2.38. The highest BCUT2D eigenvalue weighted by Gasteiger charge is 2.49. The number of ether oxygens (including phenoxy) is 3. The van der Waals surface area contributed by atoms with Gasteiger partial charge in [0, 0.05) is 17.7 Å². The molecule has 3 aromatic rings. The fraction of sp³-hybridized carbons (Fsp3) is 0.304. The van der Waals surface area contributed by atoms with Crippen LogP contribution in [0.1, 0.15) is 6.92 Å². The van der Waals surface area contributed by atoms with Gasteiger partial charge in [-0.1, -0.05) is 0 Å². The number of benzene rings is 2. The molecule has 2 aromatic carbocycles. The van der Waals surface area contributed by atoms with Crippen LogP contribution in [0, 0.1) is 0 Å². The average Bonchev–Trinajstić information content (AvgIpc) is 2.80. The monoisotopic (exact) mass is 490 g/mol. The molecule has 0 aliphatic carbocycles. The molecule has 12 nitrogen and oxygen atoms in total. The molecule has 1 aliphatic heterocycles. The van der Waals surface area contributed by atoms with Crippen LogP contribution in [0.2, 0.25) is 0 Å². The van der Waals surface area contributed by atoms with Gasteiger partial charge in [0.1, 0.15) is 46.5 Å². The van der Waals surface area contributed by atoms with Crippen LogP contribution in [0.15, 0.2) is 45.6 Å². The molecule has 35 heavy (non-hydrogen) atoms. The van der Waals surface area contributed by atoms with Crippen molar-refractivity contribution in [3.05, 3.63) is 46.6 Å². The van der Waals surface area contributed by atoms with E-state index in [-0.39, 0.29) is 40.4 Å². The normalized spacial score (nSPS) is 24.3. The summed E-state index contributed by atoms with van der Waals surface area (Å²) in [6.45, 7) is 1.46. The number of esters is 1. The highest BCUT2D eigenvalue weighted by molar-refractivity contribution is 5.88. The molecule has 0 radical (unpaired) electrons. The molecular weight excluding hydrogens is 468 g/mol. The summed E-state index contributed by atoms with van der Waals surface area (Å²) in [5.41, 5.74) is -0.920. The molecule has 0 spiro atoms. The molecule has 1 saturated heterocycles. The number of aromatic hydroxyl groups is 3. The molecule has 2 unspecified atom stereocenters. The number of hydrogen-bond donors (Lipinski definition) is 6. The molecule has 4 rings (SSSR count). The summed E-state index contributed by atoms with van der Waals surface area (Å²) >= 11 is 0. The standard InChI is InChI=1S/C23H22O12/c1-2-32-22(31)21-17(29)16(28)18(30)23(35-21)34-20-15(27)14-12(26)7-11(25)8-13(14)33-19(20)9-3-5-10(24)6-4-9/h3-8,16-18,21,23-26,28-30H,2H2,1H3/t16?,17-,18?,21-,23+/m0/s1. The van der Waals surface area contributed by atoms with Crippen molar-refractivity contribution in [3.8, 4) is 34.3 Å². The third kappa shape index (κ3) is 4.47. The first-order valence-corrected chi connectivity index (χ1v) is 10.5. The van der Waals surface area contributed by atoms with Crippen molar-refractivity contribution in [2.24, 2.45) is 0 Å². The maximum atomic E-state index is 13.3.